The zero-order valence-corrected chi connectivity index (χ0v) is 15.7. The Morgan fingerprint density at radius 2 is 1.86 bits per heavy atom. The number of anilines is 1. The van der Waals surface area contributed by atoms with E-state index in [1.807, 2.05) is 0 Å². The van der Waals surface area contributed by atoms with Gasteiger partial charge in [-0.1, -0.05) is 0 Å². The SMILES string of the molecule is O=C(CCSc1ccc(C(F)(F)F)cn1)NC(=O)Nc1ccc2c(c1)OCCO2. The van der Waals surface area contributed by atoms with E-state index in [0.717, 1.165) is 24.0 Å². The Morgan fingerprint density at radius 1 is 1.10 bits per heavy atom. The van der Waals surface area contributed by atoms with Crippen molar-refractivity contribution in [1.29, 1.82) is 0 Å². The first-order valence-electron chi connectivity index (χ1n) is 8.48. The molecule has 2 aromatic rings. The second-order valence-corrected chi connectivity index (χ2v) is 6.96. The first-order chi connectivity index (χ1) is 13.8. The highest BCUT2D eigenvalue weighted by molar-refractivity contribution is 7.99. The molecular weight excluding hydrogens is 411 g/mol. The Hall–Kier alpha value is -2.95. The lowest BCUT2D eigenvalue weighted by Gasteiger charge is -2.19. The van der Waals surface area contributed by atoms with Crippen LogP contribution >= 0.6 is 11.8 Å². The zero-order chi connectivity index (χ0) is 20.9. The largest absolute Gasteiger partial charge is 0.486 e. The van der Waals surface area contributed by atoms with E-state index in [4.69, 9.17) is 9.47 Å². The monoisotopic (exact) mass is 427 g/mol. The maximum Gasteiger partial charge on any atom is 0.417 e. The third kappa shape index (κ3) is 6.01. The standard InChI is InChI=1S/C18H16F3N3O4S/c19-18(20,21)11-1-4-16(22-10-11)29-8-5-15(25)24-17(26)23-12-2-3-13-14(9-12)28-7-6-27-13/h1-4,9-10H,5-8H2,(H2,23,24,25,26). The number of imide groups is 1. The van der Waals surface area contributed by atoms with Crippen LogP contribution in [-0.2, 0) is 11.0 Å². The van der Waals surface area contributed by atoms with Crippen molar-refractivity contribution in [3.8, 4) is 11.5 Å². The number of rotatable bonds is 5. The van der Waals surface area contributed by atoms with Crippen molar-refractivity contribution >= 4 is 29.4 Å². The summed E-state index contributed by atoms with van der Waals surface area (Å²) in [6.45, 7) is 0.862. The first kappa shape index (κ1) is 20.8. The summed E-state index contributed by atoms with van der Waals surface area (Å²) in [6, 6.07) is 6.31. The number of hydrogen-bond acceptors (Lipinski definition) is 6. The van der Waals surface area contributed by atoms with Crippen LogP contribution in [0.25, 0.3) is 0 Å². The summed E-state index contributed by atoms with van der Waals surface area (Å²) in [5.41, 5.74) is -0.404. The number of fused-ring (bicyclic) bond motifs is 1. The number of pyridine rings is 1. The molecule has 1 aromatic carbocycles. The molecule has 3 amide bonds. The molecule has 2 heterocycles. The fraction of sp³-hybridized carbons (Fsp3) is 0.278. The van der Waals surface area contributed by atoms with E-state index >= 15 is 0 Å². The summed E-state index contributed by atoms with van der Waals surface area (Å²) >= 11 is 1.11. The van der Waals surface area contributed by atoms with E-state index in [0.29, 0.717) is 35.4 Å². The van der Waals surface area contributed by atoms with Crippen LogP contribution in [-0.4, -0.2) is 35.9 Å². The van der Waals surface area contributed by atoms with Crippen LogP contribution in [0.2, 0.25) is 0 Å². The van der Waals surface area contributed by atoms with Gasteiger partial charge in [0.2, 0.25) is 5.91 Å². The number of thioether (sulfide) groups is 1. The smallest absolute Gasteiger partial charge is 0.417 e. The predicted molar refractivity (Wildman–Crippen MR) is 99.2 cm³/mol. The van der Waals surface area contributed by atoms with E-state index < -0.39 is 23.7 Å². The van der Waals surface area contributed by atoms with Gasteiger partial charge >= 0.3 is 12.2 Å². The Balaban J connectivity index is 1.42. The van der Waals surface area contributed by atoms with Crippen LogP contribution in [0, 0.1) is 0 Å². The number of aromatic nitrogens is 1. The molecule has 1 aliphatic heterocycles. The van der Waals surface area contributed by atoms with Crippen molar-refractivity contribution in [3.63, 3.8) is 0 Å². The molecule has 29 heavy (non-hydrogen) atoms. The second-order valence-electron chi connectivity index (χ2n) is 5.84. The molecule has 0 spiro atoms. The number of urea groups is 1. The molecule has 11 heteroatoms. The van der Waals surface area contributed by atoms with Gasteiger partial charge in [0.1, 0.15) is 13.2 Å². The van der Waals surface area contributed by atoms with Gasteiger partial charge in [0.05, 0.1) is 10.6 Å². The molecule has 0 unspecified atom stereocenters. The van der Waals surface area contributed by atoms with Gasteiger partial charge < -0.3 is 14.8 Å². The van der Waals surface area contributed by atoms with E-state index in [1.165, 1.54) is 6.07 Å². The number of ether oxygens (including phenoxy) is 2. The summed E-state index contributed by atoms with van der Waals surface area (Å²) in [4.78, 5) is 27.5. The molecule has 154 valence electrons. The maximum atomic E-state index is 12.5. The number of nitrogens with zero attached hydrogens (tertiary/aromatic N) is 1. The number of amides is 3. The highest BCUT2D eigenvalue weighted by atomic mass is 32.2. The Morgan fingerprint density at radius 3 is 2.55 bits per heavy atom. The molecule has 0 bridgehead atoms. The Labute approximate surface area is 168 Å². The number of halogens is 3. The van der Waals surface area contributed by atoms with E-state index in [2.05, 4.69) is 15.6 Å². The van der Waals surface area contributed by atoms with Gasteiger partial charge in [-0.2, -0.15) is 13.2 Å². The molecule has 0 saturated carbocycles. The molecule has 0 atom stereocenters. The van der Waals surface area contributed by atoms with Crippen LogP contribution in [0.5, 0.6) is 11.5 Å². The summed E-state index contributed by atoms with van der Waals surface area (Å²) < 4.78 is 48.3. The van der Waals surface area contributed by atoms with Crippen molar-refractivity contribution in [3.05, 3.63) is 42.1 Å². The average Bonchev–Trinajstić information content (AvgIpc) is 2.67. The van der Waals surface area contributed by atoms with Gasteiger partial charge in [0.25, 0.3) is 0 Å². The first-order valence-corrected chi connectivity index (χ1v) is 9.46. The van der Waals surface area contributed by atoms with Crippen molar-refractivity contribution in [1.82, 2.24) is 10.3 Å². The minimum absolute atomic E-state index is 0.0120. The Kier molecular flexibility index (Phi) is 6.47. The summed E-state index contributed by atoms with van der Waals surface area (Å²) in [5.74, 6) is 0.800. The van der Waals surface area contributed by atoms with Gasteiger partial charge in [-0.15, -0.1) is 11.8 Å². The van der Waals surface area contributed by atoms with E-state index in [1.54, 1.807) is 18.2 Å². The predicted octanol–water partition coefficient (Wildman–Crippen LogP) is 3.70. The molecule has 7 nitrogen and oxygen atoms in total. The van der Waals surface area contributed by atoms with Gasteiger partial charge in [-0.3, -0.25) is 10.1 Å². The fourth-order valence-electron chi connectivity index (χ4n) is 2.35. The number of alkyl halides is 3. The fourth-order valence-corrected chi connectivity index (χ4v) is 3.14. The minimum atomic E-state index is -4.44. The number of hydrogen-bond donors (Lipinski definition) is 2. The summed E-state index contributed by atoms with van der Waals surface area (Å²) in [7, 11) is 0. The lowest BCUT2D eigenvalue weighted by molar-refractivity contribution is -0.137. The molecule has 2 N–H and O–H groups in total. The maximum absolute atomic E-state index is 12.5. The number of benzene rings is 1. The van der Waals surface area contributed by atoms with E-state index in [9.17, 15) is 22.8 Å². The number of nitrogens with one attached hydrogen (secondary N) is 2. The van der Waals surface area contributed by atoms with Gasteiger partial charge in [0.15, 0.2) is 11.5 Å². The lowest BCUT2D eigenvalue weighted by atomic mass is 10.2. The minimum Gasteiger partial charge on any atom is -0.486 e. The van der Waals surface area contributed by atoms with Crippen LogP contribution < -0.4 is 20.1 Å². The average molecular weight is 427 g/mol. The highest BCUT2D eigenvalue weighted by Crippen LogP contribution is 2.32. The van der Waals surface area contributed by atoms with Gasteiger partial charge in [0, 0.05) is 30.1 Å². The van der Waals surface area contributed by atoms with E-state index in [-0.39, 0.29) is 12.2 Å². The molecule has 0 saturated heterocycles. The Bertz CT molecular complexity index is 891. The van der Waals surface area contributed by atoms with Gasteiger partial charge in [-0.05, 0) is 24.3 Å². The normalized spacial score (nSPS) is 12.9. The van der Waals surface area contributed by atoms with Crippen LogP contribution in [0.1, 0.15) is 12.0 Å². The molecule has 0 fully saturated rings. The third-order valence-corrected chi connectivity index (χ3v) is 4.64. The molecule has 1 aromatic heterocycles. The number of carbonyl (C=O) groups excluding carboxylic acids is 2. The summed E-state index contributed by atoms with van der Waals surface area (Å²) in [6.07, 6.45) is -3.72. The van der Waals surface area contributed by atoms with Crippen molar-refractivity contribution in [2.45, 2.75) is 17.6 Å². The van der Waals surface area contributed by atoms with Crippen molar-refractivity contribution in [2.24, 2.45) is 0 Å². The quantitative estimate of drug-likeness (QED) is 0.708. The van der Waals surface area contributed by atoms with Crippen molar-refractivity contribution < 1.29 is 32.2 Å². The highest BCUT2D eigenvalue weighted by Gasteiger charge is 2.30. The molecule has 0 aliphatic carbocycles. The molecule has 0 radical (unpaired) electrons. The van der Waals surface area contributed by atoms with Gasteiger partial charge in [-0.25, -0.2) is 9.78 Å². The second kappa shape index (κ2) is 9.03. The number of carbonyl (C=O) groups is 2. The molecule has 1 aliphatic rings. The lowest BCUT2D eigenvalue weighted by Crippen LogP contribution is -2.34. The molecule has 3 rings (SSSR count). The zero-order valence-electron chi connectivity index (χ0n) is 14.9. The van der Waals surface area contributed by atoms with Crippen molar-refractivity contribution in [2.75, 3.05) is 24.3 Å². The van der Waals surface area contributed by atoms with Crippen LogP contribution in [0.15, 0.2) is 41.6 Å². The summed E-state index contributed by atoms with van der Waals surface area (Å²) in [5, 5.41) is 5.05. The third-order valence-electron chi connectivity index (χ3n) is 3.70. The topological polar surface area (TPSA) is 89.6 Å². The van der Waals surface area contributed by atoms with Crippen LogP contribution in [0.4, 0.5) is 23.7 Å². The molecular formula is C18H16F3N3O4S. The van der Waals surface area contributed by atoms with Crippen LogP contribution in [0.3, 0.4) is 0 Å².